The minimum atomic E-state index is -4.33. The SMILES string of the molecule is C=C(C)C(=O)OCC(CCCC)(COC(=O)C(=C)C)C(=O)OCCS(=O)(=O)O.[Ca+2].[H-].[H-]. The van der Waals surface area contributed by atoms with Gasteiger partial charge in [0.25, 0.3) is 10.1 Å². The normalized spacial score (nSPS) is 11.0. The van der Waals surface area contributed by atoms with Crippen molar-refractivity contribution in [3.8, 4) is 0 Å². The van der Waals surface area contributed by atoms with Crippen LogP contribution in [0.3, 0.4) is 0 Å². The second-order valence-electron chi connectivity index (χ2n) is 6.52. The van der Waals surface area contributed by atoms with Gasteiger partial charge in [-0.15, -0.1) is 0 Å². The summed E-state index contributed by atoms with van der Waals surface area (Å²) in [4.78, 5) is 36.2. The van der Waals surface area contributed by atoms with Gasteiger partial charge in [0.05, 0.1) is 0 Å². The fraction of sp³-hybridized carbons (Fsp3) is 0.611. The number of carbonyl (C=O) groups is 3. The van der Waals surface area contributed by atoms with Crippen molar-refractivity contribution in [3.63, 3.8) is 0 Å². The molecule has 164 valence electrons. The Balaban J connectivity index is -0.00000121. The number of hydrogen-bond donors (Lipinski definition) is 1. The van der Waals surface area contributed by atoms with Crippen molar-refractivity contribution >= 4 is 65.8 Å². The van der Waals surface area contributed by atoms with E-state index < -0.39 is 59.0 Å². The van der Waals surface area contributed by atoms with Crippen molar-refractivity contribution < 1.29 is 44.4 Å². The number of ether oxygens (including phenoxy) is 3. The van der Waals surface area contributed by atoms with Crippen LogP contribution in [0, 0.1) is 5.41 Å². The number of esters is 3. The Labute approximate surface area is 204 Å². The third-order valence-corrected chi connectivity index (χ3v) is 4.35. The van der Waals surface area contributed by atoms with Crippen molar-refractivity contribution in [2.75, 3.05) is 25.6 Å². The molecule has 0 saturated heterocycles. The van der Waals surface area contributed by atoms with E-state index in [1.165, 1.54) is 13.8 Å². The Morgan fingerprint density at radius 3 is 1.79 bits per heavy atom. The first-order chi connectivity index (χ1) is 12.8. The quantitative estimate of drug-likeness (QED) is 0.143. The second kappa shape index (κ2) is 14.1. The number of rotatable bonds is 13. The summed E-state index contributed by atoms with van der Waals surface area (Å²) in [5, 5.41) is 0. The summed E-state index contributed by atoms with van der Waals surface area (Å²) >= 11 is 0. The van der Waals surface area contributed by atoms with E-state index in [4.69, 9.17) is 18.8 Å². The van der Waals surface area contributed by atoms with Gasteiger partial charge in [-0.25, -0.2) is 9.59 Å². The molecule has 9 nitrogen and oxygen atoms in total. The van der Waals surface area contributed by atoms with Crippen molar-refractivity contribution in [1.82, 2.24) is 0 Å². The first-order valence-corrected chi connectivity index (χ1v) is 10.2. The molecular weight excluding hydrogens is 432 g/mol. The van der Waals surface area contributed by atoms with E-state index in [-0.39, 0.29) is 58.2 Å². The van der Waals surface area contributed by atoms with Crippen LogP contribution < -0.4 is 0 Å². The second-order valence-corrected chi connectivity index (χ2v) is 8.09. The van der Waals surface area contributed by atoms with Crippen LogP contribution in [0.4, 0.5) is 0 Å². The van der Waals surface area contributed by atoms with Crippen LogP contribution in [0.2, 0.25) is 0 Å². The molecule has 0 rings (SSSR count). The molecule has 0 atom stereocenters. The van der Waals surface area contributed by atoms with Crippen LogP contribution >= 0.6 is 0 Å². The summed E-state index contributed by atoms with van der Waals surface area (Å²) in [6.45, 7) is 10.1. The summed E-state index contributed by atoms with van der Waals surface area (Å²) in [5.74, 6) is -3.18. The molecule has 29 heavy (non-hydrogen) atoms. The largest absolute Gasteiger partial charge is 2.00 e. The molecular formula is C18H30CaO9S. The zero-order chi connectivity index (χ0) is 22.0. The van der Waals surface area contributed by atoms with Crippen molar-refractivity contribution in [2.45, 2.75) is 40.0 Å². The average molecular weight is 463 g/mol. The molecule has 0 aliphatic carbocycles. The molecule has 0 aromatic carbocycles. The van der Waals surface area contributed by atoms with E-state index in [9.17, 15) is 22.8 Å². The minimum Gasteiger partial charge on any atom is -1.00 e. The Morgan fingerprint density at radius 1 is 1.00 bits per heavy atom. The van der Waals surface area contributed by atoms with E-state index in [0.717, 1.165) is 0 Å². The third-order valence-electron chi connectivity index (χ3n) is 3.67. The molecule has 0 heterocycles. The zero-order valence-electron chi connectivity index (χ0n) is 19.2. The maximum Gasteiger partial charge on any atom is 2.00 e. The maximum atomic E-state index is 12.7. The predicted molar refractivity (Wildman–Crippen MR) is 109 cm³/mol. The molecule has 0 amide bonds. The van der Waals surface area contributed by atoms with Crippen LogP contribution in [0.1, 0.15) is 42.9 Å². The Hall–Kier alpha value is -0.940. The van der Waals surface area contributed by atoms with Gasteiger partial charge < -0.3 is 17.1 Å². The molecule has 0 spiro atoms. The summed E-state index contributed by atoms with van der Waals surface area (Å²) < 4.78 is 45.6. The molecule has 0 radical (unpaired) electrons. The maximum absolute atomic E-state index is 12.7. The van der Waals surface area contributed by atoms with Gasteiger partial charge in [0.2, 0.25) is 0 Å². The Bertz CT molecular complexity index is 694. The van der Waals surface area contributed by atoms with E-state index in [2.05, 4.69) is 13.2 Å². The van der Waals surface area contributed by atoms with E-state index >= 15 is 0 Å². The molecule has 0 fully saturated rings. The van der Waals surface area contributed by atoms with Crippen LogP contribution in [0.5, 0.6) is 0 Å². The summed E-state index contributed by atoms with van der Waals surface area (Å²) in [6, 6.07) is 0. The van der Waals surface area contributed by atoms with Crippen molar-refractivity contribution in [3.05, 3.63) is 24.3 Å². The standard InChI is InChI=1S/C18H28O9S.Ca.2H/c1-6-7-8-18(11-26-15(19)13(2)3,12-27-16(20)14(4)5)17(21)25-9-10-28(22,23)24;;;/h2,4,6-12H2,1,3,5H3,(H,22,23,24);;;/q;+2;2*-1. The van der Waals surface area contributed by atoms with Crippen molar-refractivity contribution in [1.29, 1.82) is 0 Å². The van der Waals surface area contributed by atoms with E-state index in [0.29, 0.717) is 12.8 Å². The first kappa shape index (κ1) is 30.3. The van der Waals surface area contributed by atoms with Gasteiger partial charge in [0.15, 0.2) is 0 Å². The van der Waals surface area contributed by atoms with Gasteiger partial charge in [-0.1, -0.05) is 32.9 Å². The third kappa shape index (κ3) is 12.4. The van der Waals surface area contributed by atoms with Gasteiger partial charge in [-0.05, 0) is 20.3 Å². The molecule has 0 unspecified atom stereocenters. The van der Waals surface area contributed by atoms with Gasteiger partial charge in [0.1, 0.15) is 31.0 Å². The smallest absolute Gasteiger partial charge is 1.00 e. The molecule has 0 bridgehead atoms. The molecule has 1 N–H and O–H groups in total. The monoisotopic (exact) mass is 462 g/mol. The fourth-order valence-corrected chi connectivity index (χ4v) is 2.26. The molecule has 0 aromatic heterocycles. The van der Waals surface area contributed by atoms with Crippen molar-refractivity contribution in [2.24, 2.45) is 5.41 Å². The molecule has 0 aliphatic heterocycles. The zero-order valence-corrected chi connectivity index (χ0v) is 20.2. The van der Waals surface area contributed by atoms with Crippen LogP contribution in [0.25, 0.3) is 0 Å². The van der Waals surface area contributed by atoms with Crippen LogP contribution in [-0.4, -0.2) is 94.2 Å². The number of carbonyl (C=O) groups excluding carboxylic acids is 3. The predicted octanol–water partition coefficient (Wildman–Crippen LogP) is 1.68. The van der Waals surface area contributed by atoms with Gasteiger partial charge in [-0.2, -0.15) is 8.42 Å². The van der Waals surface area contributed by atoms with E-state index in [1.54, 1.807) is 0 Å². The summed E-state index contributed by atoms with van der Waals surface area (Å²) in [7, 11) is -4.33. The Morgan fingerprint density at radius 2 is 1.45 bits per heavy atom. The summed E-state index contributed by atoms with van der Waals surface area (Å²) in [6.07, 6.45) is 1.35. The molecule has 0 saturated carbocycles. The molecule has 11 heteroatoms. The topological polar surface area (TPSA) is 133 Å². The molecule has 0 aromatic rings. The van der Waals surface area contributed by atoms with Crippen LogP contribution in [0.15, 0.2) is 24.3 Å². The van der Waals surface area contributed by atoms with E-state index in [1.807, 2.05) is 6.92 Å². The number of hydrogen-bond acceptors (Lipinski definition) is 8. The van der Waals surface area contributed by atoms with Gasteiger partial charge >= 0.3 is 55.6 Å². The van der Waals surface area contributed by atoms with Gasteiger partial charge in [-0.3, -0.25) is 9.35 Å². The van der Waals surface area contributed by atoms with Gasteiger partial charge in [0, 0.05) is 11.1 Å². The van der Waals surface area contributed by atoms with Crippen LogP contribution in [-0.2, 0) is 38.7 Å². The Kier molecular flexibility index (Phi) is 14.7. The fourth-order valence-electron chi connectivity index (χ4n) is 1.97. The first-order valence-electron chi connectivity index (χ1n) is 8.62. The minimum absolute atomic E-state index is 0. The summed E-state index contributed by atoms with van der Waals surface area (Å²) in [5.41, 5.74) is -1.31. The number of unbranched alkanes of at least 4 members (excludes halogenated alkanes) is 1. The molecule has 0 aliphatic rings. The average Bonchev–Trinajstić information content (AvgIpc) is 2.59.